The number of rotatable bonds is 3. The van der Waals surface area contributed by atoms with Crippen molar-refractivity contribution in [3.8, 4) is 5.75 Å². The zero-order valence-corrected chi connectivity index (χ0v) is 13.8. The Morgan fingerprint density at radius 3 is 2.75 bits per heavy atom. The van der Waals surface area contributed by atoms with Crippen LogP contribution < -0.4 is 10.1 Å². The Bertz CT molecular complexity index is 484. The number of fused-ring (bicyclic) bond motifs is 1. The number of aryl methyl sites for hydroxylation is 1. The second-order valence-electron chi connectivity index (χ2n) is 5.75. The zero-order valence-electron chi connectivity index (χ0n) is 12.2. The maximum atomic E-state index is 5.69. The zero-order chi connectivity index (χ0) is 13.9. The number of piperazine rings is 1. The van der Waals surface area contributed by atoms with Crippen LogP contribution in [-0.4, -0.2) is 38.2 Å². The van der Waals surface area contributed by atoms with Crippen molar-refractivity contribution in [2.75, 3.05) is 33.3 Å². The molecule has 1 aliphatic heterocycles. The SMILES string of the molecule is COc1c(CN2CCNCC2)cc2c(c1Br)CCCC2. The molecule has 0 atom stereocenters. The maximum Gasteiger partial charge on any atom is 0.137 e. The summed E-state index contributed by atoms with van der Waals surface area (Å²) in [5.41, 5.74) is 4.33. The number of benzene rings is 1. The molecule has 0 spiro atoms. The molecule has 110 valence electrons. The normalized spacial score (nSPS) is 19.7. The van der Waals surface area contributed by atoms with Crippen molar-refractivity contribution in [1.29, 1.82) is 0 Å². The summed E-state index contributed by atoms with van der Waals surface area (Å²) in [5, 5.41) is 3.41. The molecule has 1 aromatic carbocycles. The second kappa shape index (κ2) is 6.46. The number of nitrogens with zero attached hydrogens (tertiary/aromatic N) is 1. The van der Waals surface area contributed by atoms with Crippen LogP contribution >= 0.6 is 15.9 Å². The fourth-order valence-electron chi connectivity index (χ4n) is 3.34. The third-order valence-corrected chi connectivity index (χ3v) is 5.26. The largest absolute Gasteiger partial charge is 0.495 e. The quantitative estimate of drug-likeness (QED) is 0.917. The van der Waals surface area contributed by atoms with Gasteiger partial charge in [0, 0.05) is 38.3 Å². The van der Waals surface area contributed by atoms with Crippen molar-refractivity contribution >= 4 is 15.9 Å². The first kappa shape index (κ1) is 14.4. The summed E-state index contributed by atoms with van der Waals surface area (Å²) in [7, 11) is 1.79. The summed E-state index contributed by atoms with van der Waals surface area (Å²) >= 11 is 3.79. The van der Waals surface area contributed by atoms with Gasteiger partial charge in [-0.15, -0.1) is 0 Å². The Morgan fingerprint density at radius 1 is 1.25 bits per heavy atom. The molecule has 0 bridgehead atoms. The van der Waals surface area contributed by atoms with E-state index < -0.39 is 0 Å². The van der Waals surface area contributed by atoms with Gasteiger partial charge in [0.25, 0.3) is 0 Å². The molecule has 1 saturated heterocycles. The molecular formula is C16H23BrN2O. The smallest absolute Gasteiger partial charge is 0.137 e. The average molecular weight is 339 g/mol. The van der Waals surface area contributed by atoms with Gasteiger partial charge in [0.1, 0.15) is 5.75 Å². The monoisotopic (exact) mass is 338 g/mol. The van der Waals surface area contributed by atoms with Gasteiger partial charge in [0.05, 0.1) is 11.6 Å². The van der Waals surface area contributed by atoms with Crippen molar-refractivity contribution in [1.82, 2.24) is 10.2 Å². The van der Waals surface area contributed by atoms with Crippen LogP contribution in [0.25, 0.3) is 0 Å². The topological polar surface area (TPSA) is 24.5 Å². The summed E-state index contributed by atoms with van der Waals surface area (Å²) in [4.78, 5) is 2.51. The van der Waals surface area contributed by atoms with Crippen LogP contribution in [0, 0.1) is 0 Å². The minimum absolute atomic E-state index is 0.997. The Hall–Kier alpha value is -0.580. The van der Waals surface area contributed by atoms with Crippen molar-refractivity contribution in [3.63, 3.8) is 0 Å². The van der Waals surface area contributed by atoms with Crippen LogP contribution in [0.3, 0.4) is 0 Å². The van der Waals surface area contributed by atoms with Crippen molar-refractivity contribution in [2.24, 2.45) is 0 Å². The van der Waals surface area contributed by atoms with E-state index in [9.17, 15) is 0 Å². The molecule has 1 aromatic rings. The number of methoxy groups -OCH3 is 1. The molecule has 3 nitrogen and oxygen atoms in total. The first-order valence-corrected chi connectivity index (χ1v) is 8.39. The number of ether oxygens (including phenoxy) is 1. The minimum Gasteiger partial charge on any atom is -0.495 e. The lowest BCUT2D eigenvalue weighted by Crippen LogP contribution is -2.43. The molecule has 1 N–H and O–H groups in total. The predicted molar refractivity (Wildman–Crippen MR) is 85.5 cm³/mol. The molecule has 2 aliphatic rings. The van der Waals surface area contributed by atoms with E-state index in [-0.39, 0.29) is 0 Å². The number of nitrogens with one attached hydrogen (secondary N) is 1. The van der Waals surface area contributed by atoms with E-state index in [1.807, 2.05) is 0 Å². The molecule has 0 amide bonds. The van der Waals surface area contributed by atoms with E-state index in [1.54, 1.807) is 7.11 Å². The third kappa shape index (κ3) is 2.87. The van der Waals surface area contributed by atoms with E-state index in [0.29, 0.717) is 0 Å². The highest BCUT2D eigenvalue weighted by Crippen LogP contribution is 2.38. The molecule has 0 radical (unpaired) electrons. The van der Waals surface area contributed by atoms with Gasteiger partial charge in [0.2, 0.25) is 0 Å². The fraction of sp³-hybridized carbons (Fsp3) is 0.625. The molecule has 1 aliphatic carbocycles. The lowest BCUT2D eigenvalue weighted by molar-refractivity contribution is 0.230. The molecule has 4 heteroatoms. The van der Waals surface area contributed by atoms with Gasteiger partial charge in [0.15, 0.2) is 0 Å². The first-order chi connectivity index (χ1) is 9.79. The molecule has 1 heterocycles. The van der Waals surface area contributed by atoms with Gasteiger partial charge in [-0.25, -0.2) is 0 Å². The van der Waals surface area contributed by atoms with Gasteiger partial charge in [-0.1, -0.05) is 6.07 Å². The predicted octanol–water partition coefficient (Wildman–Crippen LogP) is 2.74. The highest BCUT2D eigenvalue weighted by Gasteiger charge is 2.21. The van der Waals surface area contributed by atoms with E-state index in [4.69, 9.17) is 4.74 Å². The molecule has 3 rings (SSSR count). The van der Waals surface area contributed by atoms with E-state index >= 15 is 0 Å². The number of halogens is 1. The Morgan fingerprint density at radius 2 is 2.00 bits per heavy atom. The summed E-state index contributed by atoms with van der Waals surface area (Å²) in [6.45, 7) is 5.43. The summed E-state index contributed by atoms with van der Waals surface area (Å²) in [5.74, 6) is 1.05. The van der Waals surface area contributed by atoms with Crippen LogP contribution in [0.4, 0.5) is 0 Å². The summed E-state index contributed by atoms with van der Waals surface area (Å²) in [6, 6.07) is 2.39. The average Bonchev–Trinajstić information content (AvgIpc) is 2.49. The van der Waals surface area contributed by atoms with Crippen molar-refractivity contribution in [2.45, 2.75) is 32.2 Å². The highest BCUT2D eigenvalue weighted by molar-refractivity contribution is 9.10. The van der Waals surface area contributed by atoms with Gasteiger partial charge >= 0.3 is 0 Å². The second-order valence-corrected chi connectivity index (χ2v) is 6.55. The van der Waals surface area contributed by atoms with E-state index in [1.165, 1.54) is 46.8 Å². The Balaban J connectivity index is 1.90. The van der Waals surface area contributed by atoms with E-state index in [2.05, 4.69) is 32.2 Å². The van der Waals surface area contributed by atoms with Crippen LogP contribution in [0.5, 0.6) is 5.75 Å². The van der Waals surface area contributed by atoms with Crippen molar-refractivity contribution in [3.05, 3.63) is 27.2 Å². The minimum atomic E-state index is 0.997. The number of hydrogen-bond acceptors (Lipinski definition) is 3. The Kier molecular flexibility index (Phi) is 4.64. The van der Waals surface area contributed by atoms with E-state index in [0.717, 1.165) is 38.5 Å². The molecule has 1 fully saturated rings. The van der Waals surface area contributed by atoms with Gasteiger partial charge in [-0.05, 0) is 52.7 Å². The Labute approximate surface area is 129 Å². The molecule has 0 aromatic heterocycles. The van der Waals surface area contributed by atoms with Gasteiger partial charge in [-0.2, -0.15) is 0 Å². The van der Waals surface area contributed by atoms with Crippen LogP contribution in [0.15, 0.2) is 10.5 Å². The van der Waals surface area contributed by atoms with Crippen LogP contribution in [0.1, 0.15) is 29.5 Å². The summed E-state index contributed by atoms with van der Waals surface area (Å²) < 4.78 is 6.89. The first-order valence-electron chi connectivity index (χ1n) is 7.60. The number of hydrogen-bond donors (Lipinski definition) is 1. The lowest BCUT2D eigenvalue weighted by atomic mass is 9.89. The third-order valence-electron chi connectivity index (χ3n) is 4.42. The van der Waals surface area contributed by atoms with Crippen LogP contribution in [-0.2, 0) is 19.4 Å². The maximum absolute atomic E-state index is 5.69. The van der Waals surface area contributed by atoms with Crippen molar-refractivity contribution < 1.29 is 4.74 Å². The standard InChI is InChI=1S/C16H23BrN2O/c1-20-16-13(11-19-8-6-18-7-9-19)10-12-4-2-3-5-14(12)15(16)17/h10,18H,2-9,11H2,1H3. The molecular weight excluding hydrogens is 316 g/mol. The molecule has 20 heavy (non-hydrogen) atoms. The van der Waals surface area contributed by atoms with Gasteiger partial charge in [-0.3, -0.25) is 4.90 Å². The van der Waals surface area contributed by atoms with Gasteiger partial charge < -0.3 is 10.1 Å². The lowest BCUT2D eigenvalue weighted by Gasteiger charge is -2.29. The summed E-state index contributed by atoms with van der Waals surface area (Å²) in [6.07, 6.45) is 5.01. The fourth-order valence-corrected chi connectivity index (χ4v) is 4.21. The van der Waals surface area contributed by atoms with Crippen LogP contribution in [0.2, 0.25) is 0 Å². The molecule has 0 saturated carbocycles. The molecule has 0 unspecified atom stereocenters. The highest BCUT2D eigenvalue weighted by atomic mass is 79.9.